The molecule has 1 aliphatic heterocycles. The molecule has 4 rings (SSSR count). The van der Waals surface area contributed by atoms with Crippen LogP contribution in [0.15, 0.2) is 66.7 Å². The minimum absolute atomic E-state index is 0.0241. The van der Waals surface area contributed by atoms with Gasteiger partial charge in [-0.3, -0.25) is 4.79 Å². The minimum Gasteiger partial charge on any atom is -0.507 e. The monoisotopic (exact) mass is 375 g/mol. The van der Waals surface area contributed by atoms with Crippen molar-refractivity contribution in [2.24, 2.45) is 0 Å². The number of fused-ring (bicyclic) bond motifs is 1. The van der Waals surface area contributed by atoms with Gasteiger partial charge in [0.15, 0.2) is 0 Å². The molecule has 3 aromatic rings. The maximum Gasteiger partial charge on any atom is 0.321 e. The van der Waals surface area contributed by atoms with Crippen LogP contribution >= 0.6 is 0 Å². The molecule has 28 heavy (non-hydrogen) atoms. The average Bonchev–Trinajstić information content (AvgIpc) is 2.73. The van der Waals surface area contributed by atoms with Gasteiger partial charge in [-0.25, -0.2) is 4.79 Å². The molecule has 0 bridgehead atoms. The molecule has 3 aromatic carbocycles. The number of rotatable bonds is 2. The number of para-hydroxylation sites is 1. The molecule has 0 radical (unpaired) electrons. The summed E-state index contributed by atoms with van der Waals surface area (Å²) in [6, 6.07) is 20.1. The predicted molar refractivity (Wildman–Crippen MR) is 109 cm³/mol. The molecular weight excluding hydrogens is 354 g/mol. The molecule has 3 amide bonds. The second-order valence-electron chi connectivity index (χ2n) is 6.79. The van der Waals surface area contributed by atoms with Crippen LogP contribution in [0.2, 0.25) is 0 Å². The number of carbonyl (C=O) groups is 2. The van der Waals surface area contributed by atoms with E-state index in [1.165, 1.54) is 6.07 Å². The summed E-state index contributed by atoms with van der Waals surface area (Å²) in [6.07, 6.45) is 0. The summed E-state index contributed by atoms with van der Waals surface area (Å²) >= 11 is 0. The predicted octanol–water partition coefficient (Wildman–Crippen LogP) is 3.54. The lowest BCUT2D eigenvalue weighted by atomic mass is 10.1. The molecule has 6 heteroatoms. The van der Waals surface area contributed by atoms with Gasteiger partial charge in [0, 0.05) is 31.9 Å². The van der Waals surface area contributed by atoms with E-state index in [0.29, 0.717) is 26.2 Å². The van der Waals surface area contributed by atoms with Gasteiger partial charge in [-0.1, -0.05) is 42.5 Å². The Bertz CT molecular complexity index is 1030. The molecule has 2 N–H and O–H groups in total. The lowest BCUT2D eigenvalue weighted by Crippen LogP contribution is -2.51. The van der Waals surface area contributed by atoms with E-state index in [4.69, 9.17) is 0 Å². The Morgan fingerprint density at radius 2 is 1.43 bits per heavy atom. The summed E-state index contributed by atoms with van der Waals surface area (Å²) in [7, 11) is 0. The standard InChI is InChI=1S/C22H21N3O3/c26-20-8-4-3-7-19(20)21(27)24-11-13-25(14-12-24)22(28)23-18-10-9-16-5-1-2-6-17(16)15-18/h1-10,15,26H,11-14H2,(H,23,28). The van der Waals surface area contributed by atoms with Gasteiger partial charge in [-0.05, 0) is 35.0 Å². The average molecular weight is 375 g/mol. The number of amides is 3. The number of benzene rings is 3. The molecule has 0 saturated carbocycles. The number of phenols is 1. The van der Waals surface area contributed by atoms with Crippen molar-refractivity contribution in [1.82, 2.24) is 9.80 Å². The van der Waals surface area contributed by atoms with Gasteiger partial charge in [0.2, 0.25) is 0 Å². The SMILES string of the molecule is O=C(Nc1ccc2ccccc2c1)N1CCN(C(=O)c2ccccc2O)CC1. The van der Waals surface area contributed by atoms with Gasteiger partial charge in [0.25, 0.3) is 5.91 Å². The van der Waals surface area contributed by atoms with Gasteiger partial charge in [0.1, 0.15) is 5.75 Å². The molecule has 142 valence electrons. The quantitative estimate of drug-likeness (QED) is 0.720. The summed E-state index contributed by atoms with van der Waals surface area (Å²) in [5.41, 5.74) is 1.04. The Hall–Kier alpha value is -3.54. The highest BCUT2D eigenvalue weighted by atomic mass is 16.3. The van der Waals surface area contributed by atoms with Crippen LogP contribution in [-0.4, -0.2) is 53.0 Å². The number of hydrogen-bond donors (Lipinski definition) is 2. The van der Waals surface area contributed by atoms with Crippen molar-refractivity contribution >= 4 is 28.4 Å². The van der Waals surface area contributed by atoms with E-state index in [0.717, 1.165) is 16.5 Å². The van der Waals surface area contributed by atoms with Crippen molar-refractivity contribution in [3.8, 4) is 5.75 Å². The molecule has 1 fully saturated rings. The van der Waals surface area contributed by atoms with E-state index in [9.17, 15) is 14.7 Å². The number of nitrogens with zero attached hydrogens (tertiary/aromatic N) is 2. The van der Waals surface area contributed by atoms with Crippen molar-refractivity contribution in [1.29, 1.82) is 0 Å². The van der Waals surface area contributed by atoms with E-state index in [1.54, 1.807) is 28.0 Å². The number of hydrogen-bond acceptors (Lipinski definition) is 3. The highest BCUT2D eigenvalue weighted by Crippen LogP contribution is 2.21. The number of phenolic OH excluding ortho intramolecular Hbond substituents is 1. The van der Waals surface area contributed by atoms with E-state index in [1.807, 2.05) is 42.5 Å². The van der Waals surface area contributed by atoms with Crippen LogP contribution in [0.3, 0.4) is 0 Å². The molecule has 0 unspecified atom stereocenters. The first-order valence-corrected chi connectivity index (χ1v) is 9.24. The molecule has 1 heterocycles. The Balaban J connectivity index is 1.37. The van der Waals surface area contributed by atoms with Gasteiger partial charge >= 0.3 is 6.03 Å². The van der Waals surface area contributed by atoms with Gasteiger partial charge in [-0.15, -0.1) is 0 Å². The Labute approximate surface area is 163 Å². The summed E-state index contributed by atoms with van der Waals surface area (Å²) in [6.45, 7) is 1.74. The van der Waals surface area contributed by atoms with E-state index in [-0.39, 0.29) is 23.3 Å². The fourth-order valence-electron chi connectivity index (χ4n) is 3.41. The van der Waals surface area contributed by atoms with Gasteiger partial charge in [-0.2, -0.15) is 0 Å². The highest BCUT2D eigenvalue weighted by Gasteiger charge is 2.26. The van der Waals surface area contributed by atoms with Crippen molar-refractivity contribution < 1.29 is 14.7 Å². The number of urea groups is 1. The summed E-state index contributed by atoms with van der Waals surface area (Å²) in [4.78, 5) is 28.5. The van der Waals surface area contributed by atoms with Crippen molar-refractivity contribution in [2.45, 2.75) is 0 Å². The van der Waals surface area contributed by atoms with Crippen LogP contribution in [0.1, 0.15) is 10.4 Å². The van der Waals surface area contributed by atoms with Crippen LogP contribution in [0.25, 0.3) is 10.8 Å². The number of aromatic hydroxyl groups is 1. The third-order valence-corrected chi connectivity index (χ3v) is 4.99. The lowest BCUT2D eigenvalue weighted by molar-refractivity contribution is 0.0668. The maximum absolute atomic E-state index is 12.6. The van der Waals surface area contributed by atoms with Gasteiger partial charge in [0.05, 0.1) is 5.56 Å². The molecule has 0 aliphatic carbocycles. The summed E-state index contributed by atoms with van der Waals surface area (Å²) in [5.74, 6) is -0.239. The number of anilines is 1. The topological polar surface area (TPSA) is 72.9 Å². The second kappa shape index (κ2) is 7.60. The van der Waals surface area contributed by atoms with E-state index in [2.05, 4.69) is 5.32 Å². The fourth-order valence-corrected chi connectivity index (χ4v) is 3.41. The van der Waals surface area contributed by atoms with Gasteiger partial charge < -0.3 is 20.2 Å². The molecule has 0 aromatic heterocycles. The zero-order valence-corrected chi connectivity index (χ0v) is 15.3. The van der Waals surface area contributed by atoms with Crippen molar-refractivity contribution in [2.75, 3.05) is 31.5 Å². The van der Waals surface area contributed by atoms with Crippen molar-refractivity contribution in [3.63, 3.8) is 0 Å². The van der Waals surface area contributed by atoms with Crippen LogP contribution in [0.4, 0.5) is 10.5 Å². The largest absolute Gasteiger partial charge is 0.507 e. The first-order chi connectivity index (χ1) is 13.6. The first-order valence-electron chi connectivity index (χ1n) is 9.24. The van der Waals surface area contributed by atoms with Crippen molar-refractivity contribution in [3.05, 3.63) is 72.3 Å². The maximum atomic E-state index is 12.6. The Morgan fingerprint density at radius 3 is 2.18 bits per heavy atom. The number of nitrogens with one attached hydrogen (secondary N) is 1. The zero-order valence-electron chi connectivity index (χ0n) is 15.3. The zero-order chi connectivity index (χ0) is 19.5. The minimum atomic E-state index is -0.215. The smallest absolute Gasteiger partial charge is 0.321 e. The summed E-state index contributed by atoms with van der Waals surface area (Å²) in [5, 5.41) is 15.0. The first kappa shape index (κ1) is 17.9. The van der Waals surface area contributed by atoms with E-state index >= 15 is 0 Å². The van der Waals surface area contributed by atoms with Crippen LogP contribution in [0, 0.1) is 0 Å². The summed E-state index contributed by atoms with van der Waals surface area (Å²) < 4.78 is 0. The lowest BCUT2D eigenvalue weighted by Gasteiger charge is -2.34. The molecule has 0 atom stereocenters. The fraction of sp³-hybridized carbons (Fsp3) is 0.182. The molecule has 0 spiro atoms. The molecule has 1 saturated heterocycles. The third kappa shape index (κ3) is 3.62. The molecule has 6 nitrogen and oxygen atoms in total. The second-order valence-corrected chi connectivity index (χ2v) is 6.79. The third-order valence-electron chi connectivity index (χ3n) is 4.99. The molecule has 1 aliphatic rings. The molecular formula is C22H21N3O3. The van der Waals surface area contributed by atoms with Crippen LogP contribution < -0.4 is 5.32 Å². The van der Waals surface area contributed by atoms with E-state index < -0.39 is 0 Å². The Kier molecular flexibility index (Phi) is 4.85. The number of carbonyl (C=O) groups excluding carboxylic acids is 2. The Morgan fingerprint density at radius 1 is 0.786 bits per heavy atom. The number of piperazine rings is 1. The van der Waals surface area contributed by atoms with Crippen LogP contribution in [-0.2, 0) is 0 Å². The normalized spacial score (nSPS) is 14.1. The van der Waals surface area contributed by atoms with Crippen LogP contribution in [0.5, 0.6) is 5.75 Å². The highest BCUT2D eigenvalue weighted by molar-refractivity contribution is 5.97.